The molecule has 0 aliphatic rings. The topological polar surface area (TPSA) is 59.4 Å². The lowest BCUT2D eigenvalue weighted by Crippen LogP contribution is -2.17. The van der Waals surface area contributed by atoms with Crippen LogP contribution in [0, 0.1) is 13.8 Å². The number of aromatic carboxylic acids is 1. The summed E-state index contributed by atoms with van der Waals surface area (Å²) in [5.74, 6) is -1.75. The number of carboxylic acid groups (broad SMARTS) is 1. The quantitative estimate of drug-likeness (QED) is 0.704. The van der Waals surface area contributed by atoms with Gasteiger partial charge in [-0.2, -0.15) is 0 Å². The fourth-order valence-electron chi connectivity index (χ4n) is 2.73. The van der Waals surface area contributed by atoms with E-state index in [4.69, 9.17) is 0 Å². The number of carboxylic acids is 1. The summed E-state index contributed by atoms with van der Waals surface area (Å²) in [4.78, 5) is 16.1. The van der Waals surface area contributed by atoms with E-state index in [-0.39, 0.29) is 16.5 Å². The first-order valence-corrected chi connectivity index (χ1v) is 7.65. The van der Waals surface area contributed by atoms with E-state index < -0.39 is 18.1 Å². The highest BCUT2D eigenvalue weighted by molar-refractivity contribution is 6.04. The molecule has 1 aromatic heterocycles. The third kappa shape index (κ3) is 3.61. The summed E-state index contributed by atoms with van der Waals surface area (Å²) in [6.07, 6.45) is -4.86. The number of nitrogens with zero attached hydrogens (tertiary/aromatic N) is 1. The Bertz CT molecular complexity index is 1010. The molecule has 3 rings (SSSR count). The molecule has 7 heteroatoms. The van der Waals surface area contributed by atoms with E-state index >= 15 is 0 Å². The Hall–Kier alpha value is -3.09. The predicted octanol–water partition coefficient (Wildman–Crippen LogP) is 5.12. The van der Waals surface area contributed by atoms with E-state index in [1.165, 1.54) is 12.1 Å². The molecule has 0 unspecified atom stereocenters. The monoisotopic (exact) mass is 361 g/mol. The summed E-state index contributed by atoms with van der Waals surface area (Å²) in [6.45, 7) is 3.78. The van der Waals surface area contributed by atoms with E-state index in [1.54, 1.807) is 0 Å². The number of aryl methyl sites for hydroxylation is 2. The van der Waals surface area contributed by atoms with Crippen molar-refractivity contribution >= 4 is 16.9 Å². The fraction of sp³-hybridized carbons (Fsp3) is 0.158. The lowest BCUT2D eigenvalue weighted by atomic mass is 9.99. The lowest BCUT2D eigenvalue weighted by molar-refractivity contribution is -0.274. The molecule has 0 aliphatic carbocycles. The van der Waals surface area contributed by atoms with Gasteiger partial charge in [-0.05, 0) is 49.7 Å². The van der Waals surface area contributed by atoms with E-state index in [0.29, 0.717) is 5.69 Å². The van der Waals surface area contributed by atoms with Gasteiger partial charge in [0.2, 0.25) is 0 Å². The van der Waals surface area contributed by atoms with Crippen LogP contribution in [0.4, 0.5) is 13.2 Å². The normalized spacial score (nSPS) is 11.6. The number of ether oxygens (including phenoxy) is 1. The average Bonchev–Trinajstić information content (AvgIpc) is 2.54. The minimum Gasteiger partial charge on any atom is -0.478 e. The summed E-state index contributed by atoms with van der Waals surface area (Å²) in [5.41, 5.74) is 3.24. The van der Waals surface area contributed by atoms with E-state index in [9.17, 15) is 23.1 Å². The van der Waals surface area contributed by atoms with Crippen LogP contribution in [0.3, 0.4) is 0 Å². The summed E-state index contributed by atoms with van der Waals surface area (Å²) < 4.78 is 41.1. The first kappa shape index (κ1) is 17.7. The maximum Gasteiger partial charge on any atom is 0.573 e. The van der Waals surface area contributed by atoms with Crippen molar-refractivity contribution in [2.75, 3.05) is 0 Å². The molecule has 3 aromatic rings. The molecule has 2 aromatic carbocycles. The maximum absolute atomic E-state index is 12.4. The number of fused-ring (bicyclic) bond motifs is 1. The van der Waals surface area contributed by atoms with Crippen molar-refractivity contribution in [2.45, 2.75) is 20.2 Å². The summed E-state index contributed by atoms with van der Waals surface area (Å²) in [6, 6.07) is 10.5. The number of halogens is 3. The van der Waals surface area contributed by atoms with Crippen molar-refractivity contribution in [1.29, 1.82) is 0 Å². The smallest absolute Gasteiger partial charge is 0.478 e. The molecule has 0 spiro atoms. The van der Waals surface area contributed by atoms with Gasteiger partial charge in [0, 0.05) is 10.9 Å². The van der Waals surface area contributed by atoms with Crippen molar-refractivity contribution in [3.8, 4) is 17.0 Å². The Morgan fingerprint density at radius 1 is 1.08 bits per heavy atom. The molecule has 134 valence electrons. The van der Waals surface area contributed by atoms with Gasteiger partial charge in [-0.3, -0.25) is 0 Å². The van der Waals surface area contributed by atoms with Crippen molar-refractivity contribution in [3.05, 3.63) is 59.2 Å². The SMILES string of the molecule is Cc1ccc(C)c(-c2cc(C(=O)O)c3cc(OC(F)(F)F)ccc3n2)c1. The summed E-state index contributed by atoms with van der Waals surface area (Å²) in [5, 5.41) is 9.59. The molecule has 0 bridgehead atoms. The van der Waals surface area contributed by atoms with Gasteiger partial charge in [0.1, 0.15) is 5.75 Å². The number of rotatable bonds is 3. The van der Waals surface area contributed by atoms with E-state index in [2.05, 4.69) is 9.72 Å². The Morgan fingerprint density at radius 2 is 1.81 bits per heavy atom. The molecule has 0 radical (unpaired) electrons. The van der Waals surface area contributed by atoms with Gasteiger partial charge < -0.3 is 9.84 Å². The second kappa shape index (κ2) is 6.33. The van der Waals surface area contributed by atoms with Crippen LogP contribution in [-0.4, -0.2) is 22.4 Å². The molecule has 4 nitrogen and oxygen atoms in total. The molecule has 0 fully saturated rings. The van der Waals surface area contributed by atoms with Crippen LogP contribution in [-0.2, 0) is 0 Å². The largest absolute Gasteiger partial charge is 0.573 e. The zero-order valence-electron chi connectivity index (χ0n) is 13.9. The van der Waals surface area contributed by atoms with Crippen LogP contribution >= 0.6 is 0 Å². The molecule has 1 heterocycles. The molecular formula is C19H14F3NO3. The fourth-order valence-corrected chi connectivity index (χ4v) is 2.73. The highest BCUT2D eigenvalue weighted by Gasteiger charge is 2.31. The van der Waals surface area contributed by atoms with Crippen LogP contribution in [0.25, 0.3) is 22.2 Å². The number of carbonyl (C=O) groups is 1. The number of alkyl halides is 3. The molecule has 1 N–H and O–H groups in total. The summed E-state index contributed by atoms with van der Waals surface area (Å²) in [7, 11) is 0. The van der Waals surface area contributed by atoms with Crippen molar-refractivity contribution in [3.63, 3.8) is 0 Å². The Labute approximate surface area is 146 Å². The minimum atomic E-state index is -4.86. The zero-order chi connectivity index (χ0) is 19.1. The van der Waals surface area contributed by atoms with Crippen molar-refractivity contribution in [2.24, 2.45) is 0 Å². The van der Waals surface area contributed by atoms with Crippen LogP contribution in [0.15, 0.2) is 42.5 Å². The van der Waals surface area contributed by atoms with Gasteiger partial charge in [-0.25, -0.2) is 9.78 Å². The third-order valence-electron chi connectivity index (χ3n) is 3.91. The second-order valence-corrected chi connectivity index (χ2v) is 5.91. The third-order valence-corrected chi connectivity index (χ3v) is 3.91. The van der Waals surface area contributed by atoms with Gasteiger partial charge in [-0.15, -0.1) is 13.2 Å². The summed E-state index contributed by atoms with van der Waals surface area (Å²) >= 11 is 0. The lowest BCUT2D eigenvalue weighted by Gasteiger charge is -2.12. The Balaban J connectivity index is 2.22. The maximum atomic E-state index is 12.4. The second-order valence-electron chi connectivity index (χ2n) is 5.91. The number of aromatic nitrogens is 1. The number of hydrogen-bond acceptors (Lipinski definition) is 3. The van der Waals surface area contributed by atoms with Crippen LogP contribution < -0.4 is 4.74 Å². The Kier molecular flexibility index (Phi) is 4.31. The molecule has 0 atom stereocenters. The van der Waals surface area contributed by atoms with E-state index in [0.717, 1.165) is 28.8 Å². The van der Waals surface area contributed by atoms with Crippen LogP contribution in [0.1, 0.15) is 21.5 Å². The van der Waals surface area contributed by atoms with E-state index in [1.807, 2.05) is 32.0 Å². The minimum absolute atomic E-state index is 0.0771. The molecule has 0 saturated heterocycles. The van der Waals surface area contributed by atoms with Gasteiger partial charge >= 0.3 is 12.3 Å². The van der Waals surface area contributed by atoms with Crippen LogP contribution in [0.2, 0.25) is 0 Å². The van der Waals surface area contributed by atoms with Gasteiger partial charge in [0.05, 0.1) is 16.8 Å². The Morgan fingerprint density at radius 3 is 2.46 bits per heavy atom. The van der Waals surface area contributed by atoms with Crippen LogP contribution in [0.5, 0.6) is 5.75 Å². The molecule has 0 aliphatic heterocycles. The van der Waals surface area contributed by atoms with Crippen molar-refractivity contribution in [1.82, 2.24) is 4.98 Å². The first-order valence-electron chi connectivity index (χ1n) is 7.65. The average molecular weight is 361 g/mol. The molecule has 0 amide bonds. The number of hydrogen-bond donors (Lipinski definition) is 1. The number of benzene rings is 2. The van der Waals surface area contributed by atoms with Crippen molar-refractivity contribution < 1.29 is 27.8 Å². The van der Waals surface area contributed by atoms with Gasteiger partial charge in [0.15, 0.2) is 0 Å². The van der Waals surface area contributed by atoms with Gasteiger partial charge in [0.25, 0.3) is 0 Å². The molecule has 0 saturated carbocycles. The standard InChI is InChI=1S/C19H14F3NO3/c1-10-3-4-11(2)13(7-10)17-9-15(18(24)25)14-8-12(26-19(20,21)22)5-6-16(14)23-17/h3-9H,1-2H3,(H,24,25). The molecule has 26 heavy (non-hydrogen) atoms. The molecular weight excluding hydrogens is 347 g/mol. The van der Waals surface area contributed by atoms with Gasteiger partial charge in [-0.1, -0.05) is 17.7 Å². The highest BCUT2D eigenvalue weighted by atomic mass is 19.4. The first-order chi connectivity index (χ1) is 12.1. The highest BCUT2D eigenvalue weighted by Crippen LogP contribution is 2.31. The predicted molar refractivity (Wildman–Crippen MR) is 90.3 cm³/mol. The number of pyridine rings is 1. The zero-order valence-corrected chi connectivity index (χ0v) is 13.9.